The van der Waals surface area contributed by atoms with Crippen LogP contribution in [0, 0.1) is 0 Å². The van der Waals surface area contributed by atoms with Crippen LogP contribution in [-0.4, -0.2) is 32.2 Å². The Hall–Kier alpha value is -1.58. The maximum Gasteiger partial charge on any atom is 0.270 e. The summed E-state index contributed by atoms with van der Waals surface area (Å²) in [5.74, 6) is 0.783. The molecule has 0 atom stereocenters. The van der Waals surface area contributed by atoms with Crippen LogP contribution in [0.25, 0.3) is 9.88 Å². The zero-order valence-corrected chi connectivity index (χ0v) is 15.8. The zero-order chi connectivity index (χ0) is 16.5. The van der Waals surface area contributed by atoms with E-state index in [0.29, 0.717) is 24.7 Å². The lowest BCUT2D eigenvalue weighted by Crippen LogP contribution is -2.26. The fourth-order valence-corrected chi connectivity index (χ4v) is 4.71. The number of carbonyl (C=O) groups excluding carboxylic acids is 1. The standard InChI is InChI=1S/C15H14BrN5OS2/c16-9-5-12(23-6-9)15-19-11(7-24-15)14(22)17-4-3-13-20-18-8-21(13)10-1-2-10/h5-8,10H,1-4H2,(H,17,22). The first-order valence-electron chi connectivity index (χ1n) is 7.57. The number of rotatable bonds is 6. The van der Waals surface area contributed by atoms with Gasteiger partial charge in [-0.3, -0.25) is 4.79 Å². The second-order valence-electron chi connectivity index (χ2n) is 5.56. The smallest absolute Gasteiger partial charge is 0.270 e. The topological polar surface area (TPSA) is 72.7 Å². The molecular formula is C15H14BrN5OS2. The molecule has 1 saturated carbocycles. The van der Waals surface area contributed by atoms with Crippen molar-refractivity contribution in [3.63, 3.8) is 0 Å². The van der Waals surface area contributed by atoms with Crippen LogP contribution < -0.4 is 5.32 Å². The predicted octanol–water partition coefficient (Wildman–Crippen LogP) is 3.53. The Kier molecular flexibility index (Phi) is 4.47. The minimum Gasteiger partial charge on any atom is -0.350 e. The van der Waals surface area contributed by atoms with Crippen LogP contribution in [0.5, 0.6) is 0 Å². The summed E-state index contributed by atoms with van der Waals surface area (Å²) in [6.45, 7) is 0.529. The Bertz CT molecular complexity index is 867. The highest BCUT2D eigenvalue weighted by Crippen LogP contribution is 2.35. The Morgan fingerprint density at radius 2 is 2.25 bits per heavy atom. The number of nitrogens with zero attached hydrogens (tertiary/aromatic N) is 4. The normalized spacial score (nSPS) is 14.0. The van der Waals surface area contributed by atoms with E-state index in [2.05, 4.69) is 41.0 Å². The van der Waals surface area contributed by atoms with Crippen LogP contribution in [0.3, 0.4) is 0 Å². The number of aromatic nitrogens is 4. The van der Waals surface area contributed by atoms with E-state index >= 15 is 0 Å². The fraction of sp³-hybridized carbons (Fsp3) is 0.333. The van der Waals surface area contributed by atoms with Crippen LogP contribution >= 0.6 is 38.6 Å². The summed E-state index contributed by atoms with van der Waals surface area (Å²) < 4.78 is 3.14. The highest BCUT2D eigenvalue weighted by Gasteiger charge is 2.25. The van der Waals surface area contributed by atoms with Crippen molar-refractivity contribution in [2.24, 2.45) is 0 Å². The van der Waals surface area contributed by atoms with Gasteiger partial charge in [-0.25, -0.2) is 4.98 Å². The summed E-state index contributed by atoms with van der Waals surface area (Å²) in [7, 11) is 0. The maximum atomic E-state index is 12.2. The number of hydrogen-bond acceptors (Lipinski definition) is 6. The van der Waals surface area contributed by atoms with Crippen molar-refractivity contribution >= 4 is 44.5 Å². The van der Waals surface area contributed by atoms with Crippen molar-refractivity contribution in [1.29, 1.82) is 0 Å². The van der Waals surface area contributed by atoms with Crippen molar-refractivity contribution in [2.45, 2.75) is 25.3 Å². The van der Waals surface area contributed by atoms with Gasteiger partial charge in [0.1, 0.15) is 22.9 Å². The van der Waals surface area contributed by atoms with Gasteiger partial charge in [-0.2, -0.15) is 0 Å². The van der Waals surface area contributed by atoms with Crippen molar-refractivity contribution in [1.82, 2.24) is 25.1 Å². The Balaban J connectivity index is 1.34. The minimum atomic E-state index is -0.148. The Labute approximate surface area is 155 Å². The van der Waals surface area contributed by atoms with Gasteiger partial charge in [0, 0.05) is 34.2 Å². The third-order valence-electron chi connectivity index (χ3n) is 3.74. The lowest BCUT2D eigenvalue weighted by atomic mass is 10.3. The summed E-state index contributed by atoms with van der Waals surface area (Å²) in [5.41, 5.74) is 0.461. The first kappa shape index (κ1) is 15.9. The summed E-state index contributed by atoms with van der Waals surface area (Å²) in [6.07, 6.45) is 4.84. The molecule has 6 nitrogen and oxygen atoms in total. The van der Waals surface area contributed by atoms with E-state index in [9.17, 15) is 4.79 Å². The molecule has 4 rings (SSSR count). The van der Waals surface area contributed by atoms with Crippen molar-refractivity contribution < 1.29 is 4.79 Å². The largest absolute Gasteiger partial charge is 0.350 e. The van der Waals surface area contributed by atoms with Crippen LogP contribution in [0.4, 0.5) is 0 Å². The van der Waals surface area contributed by atoms with Gasteiger partial charge in [0.15, 0.2) is 0 Å². The van der Waals surface area contributed by atoms with Gasteiger partial charge in [0.05, 0.1) is 4.88 Å². The minimum absolute atomic E-state index is 0.148. The van der Waals surface area contributed by atoms with E-state index < -0.39 is 0 Å². The van der Waals surface area contributed by atoms with Gasteiger partial charge in [0.25, 0.3) is 5.91 Å². The first-order valence-corrected chi connectivity index (χ1v) is 10.1. The van der Waals surface area contributed by atoms with Gasteiger partial charge in [-0.15, -0.1) is 32.9 Å². The number of thiazole rings is 1. The number of hydrogen-bond donors (Lipinski definition) is 1. The van der Waals surface area contributed by atoms with Gasteiger partial charge in [0.2, 0.25) is 0 Å². The second-order valence-corrected chi connectivity index (χ2v) is 8.24. The number of nitrogens with one attached hydrogen (secondary N) is 1. The highest BCUT2D eigenvalue weighted by molar-refractivity contribution is 9.10. The molecule has 3 aromatic heterocycles. The number of carbonyl (C=O) groups is 1. The molecule has 0 radical (unpaired) electrons. The van der Waals surface area contributed by atoms with Crippen molar-refractivity contribution in [2.75, 3.05) is 6.54 Å². The van der Waals surface area contributed by atoms with Gasteiger partial charge in [-0.05, 0) is 34.8 Å². The van der Waals surface area contributed by atoms with E-state index in [4.69, 9.17) is 0 Å². The molecule has 1 aliphatic carbocycles. The molecule has 9 heteroatoms. The summed E-state index contributed by atoms with van der Waals surface area (Å²) in [4.78, 5) is 17.7. The number of amides is 1. The molecule has 3 heterocycles. The fourth-order valence-electron chi connectivity index (χ4n) is 2.40. The van der Waals surface area contributed by atoms with Crippen molar-refractivity contribution in [3.05, 3.63) is 39.1 Å². The monoisotopic (exact) mass is 423 g/mol. The van der Waals surface area contributed by atoms with E-state index in [1.54, 1.807) is 23.0 Å². The Morgan fingerprint density at radius 1 is 1.38 bits per heavy atom. The average Bonchev–Trinajstić information content (AvgIpc) is 3.00. The molecule has 0 aromatic carbocycles. The van der Waals surface area contributed by atoms with Gasteiger partial charge < -0.3 is 9.88 Å². The quantitative estimate of drug-likeness (QED) is 0.657. The van der Waals surface area contributed by atoms with E-state index in [1.165, 1.54) is 24.2 Å². The molecule has 0 bridgehead atoms. The van der Waals surface area contributed by atoms with Crippen LogP contribution in [0.15, 0.2) is 27.6 Å². The van der Waals surface area contributed by atoms with E-state index in [-0.39, 0.29) is 5.91 Å². The molecule has 1 fully saturated rings. The SMILES string of the molecule is O=C(NCCc1nncn1C1CC1)c1csc(-c2cc(Br)cs2)n1. The predicted molar refractivity (Wildman–Crippen MR) is 97.5 cm³/mol. The Morgan fingerprint density at radius 3 is 3.00 bits per heavy atom. The molecule has 0 unspecified atom stereocenters. The average molecular weight is 424 g/mol. The maximum absolute atomic E-state index is 12.2. The zero-order valence-electron chi connectivity index (χ0n) is 12.6. The third kappa shape index (κ3) is 3.42. The summed E-state index contributed by atoms with van der Waals surface area (Å²) in [5, 5.41) is 15.7. The van der Waals surface area contributed by atoms with Crippen LogP contribution in [0.1, 0.15) is 35.2 Å². The first-order chi connectivity index (χ1) is 11.7. The molecule has 1 aliphatic rings. The summed E-state index contributed by atoms with van der Waals surface area (Å²) in [6, 6.07) is 2.56. The number of halogens is 1. The lowest BCUT2D eigenvalue weighted by molar-refractivity contribution is 0.0949. The molecule has 0 saturated heterocycles. The van der Waals surface area contributed by atoms with Gasteiger partial charge in [-0.1, -0.05) is 0 Å². The lowest BCUT2D eigenvalue weighted by Gasteiger charge is -2.05. The van der Waals surface area contributed by atoms with Crippen LogP contribution in [0.2, 0.25) is 0 Å². The van der Waals surface area contributed by atoms with E-state index in [1.807, 2.05) is 11.4 Å². The molecule has 1 amide bonds. The third-order valence-corrected chi connectivity index (χ3v) is 6.44. The van der Waals surface area contributed by atoms with Crippen LogP contribution in [-0.2, 0) is 6.42 Å². The van der Waals surface area contributed by atoms with E-state index in [0.717, 1.165) is 20.2 Å². The molecular weight excluding hydrogens is 410 g/mol. The molecule has 3 aromatic rings. The second kappa shape index (κ2) is 6.73. The van der Waals surface area contributed by atoms with Crippen molar-refractivity contribution in [3.8, 4) is 9.88 Å². The molecule has 1 N–H and O–H groups in total. The summed E-state index contributed by atoms with van der Waals surface area (Å²) >= 11 is 6.52. The molecule has 124 valence electrons. The highest BCUT2D eigenvalue weighted by atomic mass is 79.9. The molecule has 0 spiro atoms. The number of thiophene rings is 1. The molecule has 24 heavy (non-hydrogen) atoms. The van der Waals surface area contributed by atoms with Gasteiger partial charge >= 0.3 is 0 Å². The molecule has 0 aliphatic heterocycles.